The SMILES string of the molecule is CCCCC(CC)Cc1ccc(-c2ccc(-c3ccc([Si](c4ccc(C=O)cc4)(c4ccc(-c5ccc(-c6ccc(CC(CC)CCCC)cc6)cc5)cc4)c4ccc(-c5ccc(-c6ccc(CC(CC)CCCC)cc6)cc5)cc4)cc3)cc2)cc1. The first-order valence-electron chi connectivity index (χ1n) is 33.2. The van der Waals surface area contributed by atoms with Gasteiger partial charge in [-0.25, -0.2) is 0 Å². The molecule has 442 valence electrons. The van der Waals surface area contributed by atoms with Crippen LogP contribution >= 0.6 is 0 Å². The maximum absolute atomic E-state index is 12.3. The van der Waals surface area contributed by atoms with E-state index in [0.717, 1.165) is 43.3 Å². The minimum absolute atomic E-state index is 0.675. The third-order valence-electron chi connectivity index (χ3n) is 19.2. The normalized spacial score (nSPS) is 13.2. The van der Waals surface area contributed by atoms with Crippen LogP contribution in [0, 0.1) is 17.8 Å². The highest BCUT2D eigenvalue weighted by Crippen LogP contribution is 2.31. The molecule has 0 fully saturated rings. The predicted octanol–water partition coefficient (Wildman–Crippen LogP) is 21.2. The highest BCUT2D eigenvalue weighted by Gasteiger charge is 2.41. The van der Waals surface area contributed by atoms with Gasteiger partial charge in [-0.05, 0) is 141 Å². The molecule has 0 aliphatic rings. The first-order valence-corrected chi connectivity index (χ1v) is 35.2. The van der Waals surface area contributed by atoms with E-state index in [1.54, 1.807) is 0 Å². The summed E-state index contributed by atoms with van der Waals surface area (Å²) in [6.07, 6.45) is 19.8. The number of carbonyl (C=O) groups excluding carboxylic acids is 1. The molecular weight excluding hydrogens is 1070 g/mol. The average molecular weight is 1160 g/mol. The lowest BCUT2D eigenvalue weighted by Crippen LogP contribution is -2.74. The average Bonchev–Trinajstić information content (AvgIpc) is 1.20. The van der Waals surface area contributed by atoms with Gasteiger partial charge in [0.25, 0.3) is 0 Å². The van der Waals surface area contributed by atoms with Gasteiger partial charge in [-0.2, -0.15) is 0 Å². The van der Waals surface area contributed by atoms with Crippen molar-refractivity contribution in [3.8, 4) is 66.8 Å². The standard InChI is InChI=1S/C85H92OSi/c1-7-13-16-63(10-4)59-66-19-27-70(28-20-66)73-33-39-76(40-34-73)79-45-53-83(54-46-79)87(82-51-25-69(62-86)26-52-82,84-55-47-80(48-56-84)77-41-35-74(36-42-77)71-29-21-67(22-30-71)60-64(11-5)17-14-8-2)85-57-49-81(50-58-85)78-43-37-75(38-44-78)72-31-23-68(24-32-72)61-65(12-6)18-15-9-3/h19-58,62-65H,7-18,59-61H2,1-6H3. The summed E-state index contributed by atoms with van der Waals surface area (Å²) in [5.41, 5.74) is 19.6. The second kappa shape index (κ2) is 30.6. The zero-order valence-electron chi connectivity index (χ0n) is 52.9. The Bertz CT molecular complexity index is 3310. The van der Waals surface area contributed by atoms with E-state index in [4.69, 9.17) is 0 Å². The summed E-state index contributed by atoms with van der Waals surface area (Å²) >= 11 is 0. The Kier molecular flexibility index (Phi) is 21.9. The van der Waals surface area contributed by atoms with E-state index in [2.05, 4.69) is 272 Å². The summed E-state index contributed by atoms with van der Waals surface area (Å²) < 4.78 is 0. The van der Waals surface area contributed by atoms with Crippen molar-refractivity contribution < 1.29 is 4.79 Å². The van der Waals surface area contributed by atoms with Crippen LogP contribution in [0.3, 0.4) is 0 Å². The molecule has 87 heavy (non-hydrogen) atoms. The zero-order chi connectivity index (χ0) is 60.4. The summed E-state index contributed by atoms with van der Waals surface area (Å²) in [7, 11) is -3.06. The molecule has 0 amide bonds. The first kappa shape index (κ1) is 62.1. The van der Waals surface area contributed by atoms with Gasteiger partial charge >= 0.3 is 0 Å². The summed E-state index contributed by atoms with van der Waals surface area (Å²) in [5, 5.41) is 5.08. The summed E-state index contributed by atoms with van der Waals surface area (Å²) in [5.74, 6) is 2.26. The van der Waals surface area contributed by atoms with Gasteiger partial charge < -0.3 is 0 Å². The molecule has 0 saturated heterocycles. The van der Waals surface area contributed by atoms with Crippen LogP contribution in [0.4, 0.5) is 0 Å². The maximum atomic E-state index is 12.3. The van der Waals surface area contributed by atoms with E-state index in [-0.39, 0.29) is 0 Å². The van der Waals surface area contributed by atoms with Crippen LogP contribution in [-0.2, 0) is 19.3 Å². The molecule has 0 spiro atoms. The Morgan fingerprint density at radius 3 is 0.632 bits per heavy atom. The van der Waals surface area contributed by atoms with Gasteiger partial charge in [0.1, 0.15) is 6.29 Å². The van der Waals surface area contributed by atoms with E-state index in [1.165, 1.54) is 181 Å². The molecule has 10 aromatic carbocycles. The van der Waals surface area contributed by atoms with Crippen LogP contribution in [0.2, 0.25) is 0 Å². The molecule has 10 aromatic rings. The van der Waals surface area contributed by atoms with E-state index in [1.807, 2.05) is 12.1 Å². The molecule has 0 N–H and O–H groups in total. The van der Waals surface area contributed by atoms with Gasteiger partial charge in [-0.1, -0.05) is 361 Å². The van der Waals surface area contributed by atoms with E-state index < -0.39 is 8.07 Å². The molecule has 0 aliphatic heterocycles. The number of aldehydes is 1. The van der Waals surface area contributed by atoms with Crippen molar-refractivity contribution in [1.29, 1.82) is 0 Å². The van der Waals surface area contributed by atoms with Gasteiger partial charge in [-0.15, -0.1) is 0 Å². The van der Waals surface area contributed by atoms with Gasteiger partial charge in [0.05, 0.1) is 0 Å². The summed E-state index contributed by atoms with van der Waals surface area (Å²) in [6, 6.07) is 91.8. The Balaban J connectivity index is 0.969. The van der Waals surface area contributed by atoms with Gasteiger partial charge in [0, 0.05) is 5.56 Å². The Hall–Kier alpha value is -7.91. The summed E-state index contributed by atoms with van der Waals surface area (Å²) in [6.45, 7) is 13.9. The van der Waals surface area contributed by atoms with Crippen molar-refractivity contribution in [2.45, 2.75) is 138 Å². The van der Waals surface area contributed by atoms with Crippen molar-refractivity contribution in [1.82, 2.24) is 0 Å². The topological polar surface area (TPSA) is 17.1 Å². The fourth-order valence-electron chi connectivity index (χ4n) is 13.4. The first-order chi connectivity index (χ1) is 42.7. The molecule has 0 aromatic heterocycles. The third-order valence-corrected chi connectivity index (χ3v) is 24.0. The largest absolute Gasteiger partial charge is 0.298 e. The maximum Gasteiger partial charge on any atom is 0.179 e. The Morgan fingerprint density at radius 1 is 0.264 bits per heavy atom. The van der Waals surface area contributed by atoms with Crippen molar-refractivity contribution >= 4 is 35.1 Å². The number of rotatable bonds is 29. The Morgan fingerprint density at radius 2 is 0.448 bits per heavy atom. The molecule has 3 atom stereocenters. The fourth-order valence-corrected chi connectivity index (χ4v) is 18.1. The van der Waals surface area contributed by atoms with Gasteiger partial charge in [-0.3, -0.25) is 4.79 Å². The third kappa shape index (κ3) is 15.3. The van der Waals surface area contributed by atoms with Crippen LogP contribution in [0.15, 0.2) is 243 Å². The molecule has 1 nitrogen and oxygen atoms in total. The van der Waals surface area contributed by atoms with Crippen LogP contribution in [0.25, 0.3) is 66.8 Å². The van der Waals surface area contributed by atoms with Crippen LogP contribution < -0.4 is 20.7 Å². The number of carbonyl (C=O) groups is 1. The quantitative estimate of drug-likeness (QED) is 0.0259. The second-order valence-electron chi connectivity index (χ2n) is 24.9. The van der Waals surface area contributed by atoms with E-state index in [0.29, 0.717) is 5.56 Å². The number of hydrogen-bond donors (Lipinski definition) is 0. The van der Waals surface area contributed by atoms with Crippen LogP contribution in [0.5, 0.6) is 0 Å². The van der Waals surface area contributed by atoms with Gasteiger partial charge in [0.2, 0.25) is 0 Å². The molecular formula is C85H92OSi. The highest BCUT2D eigenvalue weighted by atomic mass is 28.3. The second-order valence-corrected chi connectivity index (χ2v) is 28.7. The molecule has 2 heteroatoms. The Labute approximate surface area is 524 Å². The zero-order valence-corrected chi connectivity index (χ0v) is 53.9. The summed E-state index contributed by atoms with van der Waals surface area (Å²) in [4.78, 5) is 12.3. The minimum atomic E-state index is -3.06. The number of unbranched alkanes of at least 4 members (excludes halogenated alkanes) is 3. The highest BCUT2D eigenvalue weighted by molar-refractivity contribution is 7.19. The van der Waals surface area contributed by atoms with Gasteiger partial charge in [0.15, 0.2) is 8.07 Å². The van der Waals surface area contributed by atoms with E-state index in [9.17, 15) is 4.79 Å². The fraction of sp³-hybridized carbons (Fsp3) is 0.282. The number of hydrogen-bond acceptors (Lipinski definition) is 1. The lowest BCUT2D eigenvalue weighted by Gasteiger charge is -2.35. The monoisotopic (exact) mass is 1160 g/mol. The molecule has 10 rings (SSSR count). The molecule has 3 unspecified atom stereocenters. The molecule has 0 aliphatic carbocycles. The van der Waals surface area contributed by atoms with Crippen molar-refractivity contribution in [2.24, 2.45) is 17.8 Å². The van der Waals surface area contributed by atoms with Crippen molar-refractivity contribution in [3.63, 3.8) is 0 Å². The van der Waals surface area contributed by atoms with Crippen LogP contribution in [-0.4, -0.2) is 14.4 Å². The van der Waals surface area contributed by atoms with Crippen LogP contribution in [0.1, 0.15) is 146 Å². The molecule has 0 saturated carbocycles. The van der Waals surface area contributed by atoms with Crippen molar-refractivity contribution in [2.75, 3.05) is 0 Å². The predicted molar refractivity (Wildman–Crippen MR) is 379 cm³/mol. The lowest BCUT2D eigenvalue weighted by molar-refractivity contribution is 0.112. The smallest absolute Gasteiger partial charge is 0.179 e. The lowest BCUT2D eigenvalue weighted by atomic mass is 9.91. The molecule has 0 heterocycles. The van der Waals surface area contributed by atoms with E-state index >= 15 is 0 Å². The number of benzene rings is 10. The molecule has 0 radical (unpaired) electrons. The molecule has 0 bridgehead atoms. The van der Waals surface area contributed by atoms with Crippen molar-refractivity contribution in [3.05, 3.63) is 265 Å². The minimum Gasteiger partial charge on any atom is -0.298 e.